The predicted molar refractivity (Wildman–Crippen MR) is 65.8 cm³/mol. The lowest BCUT2D eigenvalue weighted by molar-refractivity contribution is -0.123. The smallest absolute Gasteiger partial charge is 0.246 e. The Hall–Kier alpha value is -1.84. The van der Waals surface area contributed by atoms with Crippen molar-refractivity contribution in [2.45, 2.75) is 19.8 Å². The quantitative estimate of drug-likeness (QED) is 0.830. The van der Waals surface area contributed by atoms with Gasteiger partial charge in [-0.2, -0.15) is 0 Å². The molecule has 1 heterocycles. The fourth-order valence-electron chi connectivity index (χ4n) is 1.91. The molecule has 0 bridgehead atoms. The summed E-state index contributed by atoms with van der Waals surface area (Å²) in [6, 6.07) is 7.90. The summed E-state index contributed by atoms with van der Waals surface area (Å²) in [4.78, 5) is 24.8. The number of carbonyl (C=O) groups excluding carboxylic acids is 2. The molecule has 0 atom stereocenters. The van der Waals surface area contributed by atoms with Gasteiger partial charge in [0.25, 0.3) is 0 Å². The second-order valence-corrected chi connectivity index (χ2v) is 4.10. The Morgan fingerprint density at radius 3 is 2.94 bits per heavy atom. The maximum atomic E-state index is 11.9. The minimum atomic E-state index is -0.0625. The van der Waals surface area contributed by atoms with Gasteiger partial charge in [0.1, 0.15) is 0 Å². The summed E-state index contributed by atoms with van der Waals surface area (Å²) in [5.41, 5.74) is 2.07. The molecule has 1 aromatic carbocycles. The zero-order valence-electron chi connectivity index (χ0n) is 9.90. The lowest BCUT2D eigenvalue weighted by Crippen LogP contribution is -2.35. The molecule has 0 unspecified atom stereocenters. The molecule has 1 aromatic rings. The van der Waals surface area contributed by atoms with Crippen LogP contribution in [0, 0.1) is 0 Å². The Kier molecular flexibility index (Phi) is 3.42. The molecule has 4 nitrogen and oxygen atoms in total. The van der Waals surface area contributed by atoms with Crippen molar-refractivity contribution in [2.75, 3.05) is 18.0 Å². The molecule has 0 spiro atoms. The maximum absolute atomic E-state index is 11.9. The Morgan fingerprint density at radius 1 is 1.35 bits per heavy atom. The van der Waals surface area contributed by atoms with Crippen molar-refractivity contribution >= 4 is 17.5 Å². The molecule has 4 heteroatoms. The Labute approximate surface area is 101 Å². The van der Waals surface area contributed by atoms with E-state index in [1.165, 1.54) is 5.56 Å². The molecule has 0 saturated carbocycles. The fraction of sp³-hybridized carbons (Fsp3) is 0.385. The molecule has 1 aliphatic heterocycles. The first kappa shape index (κ1) is 11.6. The van der Waals surface area contributed by atoms with Gasteiger partial charge in [-0.25, -0.2) is 0 Å². The molecule has 0 radical (unpaired) electrons. The topological polar surface area (TPSA) is 49.4 Å². The highest BCUT2D eigenvalue weighted by molar-refractivity contribution is 5.98. The van der Waals surface area contributed by atoms with Gasteiger partial charge in [-0.3, -0.25) is 9.59 Å². The molecule has 1 aliphatic rings. The van der Waals surface area contributed by atoms with Crippen LogP contribution in [0.5, 0.6) is 0 Å². The third-order valence-electron chi connectivity index (χ3n) is 2.93. The van der Waals surface area contributed by atoms with Gasteiger partial charge in [-0.1, -0.05) is 19.1 Å². The number of nitrogens with one attached hydrogen (secondary N) is 1. The zero-order chi connectivity index (χ0) is 12.3. The van der Waals surface area contributed by atoms with E-state index in [2.05, 4.69) is 12.2 Å². The second kappa shape index (κ2) is 4.99. The van der Waals surface area contributed by atoms with Crippen molar-refractivity contribution in [3.8, 4) is 0 Å². The molecule has 2 rings (SSSR count). The average Bonchev–Trinajstić information content (AvgIpc) is 2.52. The van der Waals surface area contributed by atoms with Crippen molar-refractivity contribution in [1.29, 1.82) is 0 Å². The predicted octanol–water partition coefficient (Wildman–Crippen LogP) is 1.10. The Bertz CT molecular complexity index is 443. The standard InChI is InChI=1S/C13H16N2O2/c1-2-10-4-3-5-11(8-10)15-7-6-12(16)14-9-13(15)17/h3-5,8H,2,6-7,9H2,1H3,(H,14,16). The van der Waals surface area contributed by atoms with Gasteiger partial charge in [-0.05, 0) is 24.1 Å². The summed E-state index contributed by atoms with van der Waals surface area (Å²) in [5.74, 6) is -0.114. The minimum Gasteiger partial charge on any atom is -0.347 e. The molecule has 1 fully saturated rings. The average molecular weight is 232 g/mol. The molecule has 90 valence electrons. The lowest BCUT2D eigenvalue weighted by atomic mass is 10.1. The van der Waals surface area contributed by atoms with E-state index in [1.807, 2.05) is 24.3 Å². The number of rotatable bonds is 2. The van der Waals surface area contributed by atoms with E-state index in [4.69, 9.17) is 0 Å². The first-order valence-corrected chi connectivity index (χ1v) is 5.86. The van der Waals surface area contributed by atoms with Crippen LogP contribution in [0.4, 0.5) is 5.69 Å². The Morgan fingerprint density at radius 2 is 2.18 bits per heavy atom. The number of benzene rings is 1. The van der Waals surface area contributed by atoms with Crippen molar-refractivity contribution in [3.05, 3.63) is 29.8 Å². The SMILES string of the molecule is CCc1cccc(N2CCC(=O)NCC2=O)c1. The molecule has 2 amide bonds. The highest BCUT2D eigenvalue weighted by Crippen LogP contribution is 2.18. The van der Waals surface area contributed by atoms with E-state index >= 15 is 0 Å². The highest BCUT2D eigenvalue weighted by atomic mass is 16.2. The number of aryl methyl sites for hydroxylation is 1. The first-order chi connectivity index (χ1) is 8.20. The third kappa shape index (κ3) is 2.64. The molecule has 1 N–H and O–H groups in total. The van der Waals surface area contributed by atoms with Crippen molar-refractivity contribution in [3.63, 3.8) is 0 Å². The van der Waals surface area contributed by atoms with E-state index in [1.54, 1.807) is 4.90 Å². The number of hydrogen-bond acceptors (Lipinski definition) is 2. The molecular formula is C13H16N2O2. The fourth-order valence-corrected chi connectivity index (χ4v) is 1.91. The van der Waals surface area contributed by atoms with Crippen molar-refractivity contribution < 1.29 is 9.59 Å². The van der Waals surface area contributed by atoms with Crippen LogP contribution in [-0.4, -0.2) is 24.9 Å². The van der Waals surface area contributed by atoms with Gasteiger partial charge in [0.15, 0.2) is 0 Å². The largest absolute Gasteiger partial charge is 0.347 e. The van der Waals surface area contributed by atoms with Gasteiger partial charge in [0.2, 0.25) is 11.8 Å². The Balaban J connectivity index is 2.24. The summed E-state index contributed by atoms with van der Waals surface area (Å²) in [6.45, 7) is 2.63. The van der Waals surface area contributed by atoms with E-state index in [-0.39, 0.29) is 18.4 Å². The molecule has 17 heavy (non-hydrogen) atoms. The summed E-state index contributed by atoms with van der Waals surface area (Å²) < 4.78 is 0. The van der Waals surface area contributed by atoms with Crippen molar-refractivity contribution in [1.82, 2.24) is 5.32 Å². The molecule has 1 saturated heterocycles. The van der Waals surface area contributed by atoms with Crippen LogP contribution in [0.25, 0.3) is 0 Å². The van der Waals surface area contributed by atoms with Gasteiger partial charge in [-0.15, -0.1) is 0 Å². The van der Waals surface area contributed by atoms with Crippen LogP contribution in [0.3, 0.4) is 0 Å². The lowest BCUT2D eigenvalue weighted by Gasteiger charge is -2.20. The number of hydrogen-bond donors (Lipinski definition) is 1. The minimum absolute atomic E-state index is 0.0518. The highest BCUT2D eigenvalue weighted by Gasteiger charge is 2.21. The molecule has 0 aromatic heterocycles. The number of nitrogens with zero attached hydrogens (tertiary/aromatic N) is 1. The van der Waals surface area contributed by atoms with Crippen LogP contribution in [0.1, 0.15) is 18.9 Å². The summed E-state index contributed by atoms with van der Waals surface area (Å²) in [6.07, 6.45) is 1.30. The molecule has 0 aliphatic carbocycles. The second-order valence-electron chi connectivity index (χ2n) is 4.10. The summed E-state index contributed by atoms with van der Waals surface area (Å²) in [5, 5.41) is 2.59. The van der Waals surface area contributed by atoms with Gasteiger partial charge >= 0.3 is 0 Å². The van der Waals surface area contributed by atoms with Crippen LogP contribution in [0.2, 0.25) is 0 Å². The van der Waals surface area contributed by atoms with Crippen LogP contribution < -0.4 is 10.2 Å². The van der Waals surface area contributed by atoms with Gasteiger partial charge in [0, 0.05) is 18.7 Å². The zero-order valence-corrected chi connectivity index (χ0v) is 9.90. The van der Waals surface area contributed by atoms with Gasteiger partial charge < -0.3 is 10.2 Å². The number of amides is 2. The normalized spacial score (nSPS) is 16.6. The van der Waals surface area contributed by atoms with Crippen molar-refractivity contribution in [2.24, 2.45) is 0 Å². The van der Waals surface area contributed by atoms with Crippen LogP contribution in [0.15, 0.2) is 24.3 Å². The number of carbonyl (C=O) groups is 2. The van der Waals surface area contributed by atoms with E-state index in [0.29, 0.717) is 13.0 Å². The van der Waals surface area contributed by atoms with E-state index < -0.39 is 0 Å². The van der Waals surface area contributed by atoms with E-state index in [0.717, 1.165) is 12.1 Å². The summed E-state index contributed by atoms with van der Waals surface area (Å²) >= 11 is 0. The van der Waals surface area contributed by atoms with Gasteiger partial charge in [0.05, 0.1) is 6.54 Å². The third-order valence-corrected chi connectivity index (χ3v) is 2.93. The summed E-state index contributed by atoms with van der Waals surface area (Å²) in [7, 11) is 0. The van der Waals surface area contributed by atoms with E-state index in [9.17, 15) is 9.59 Å². The first-order valence-electron chi connectivity index (χ1n) is 5.86. The van der Waals surface area contributed by atoms with Crippen LogP contribution >= 0.6 is 0 Å². The van der Waals surface area contributed by atoms with Crippen LogP contribution in [-0.2, 0) is 16.0 Å². The monoisotopic (exact) mass is 232 g/mol. The maximum Gasteiger partial charge on any atom is 0.246 e. The number of anilines is 1. The molecular weight excluding hydrogens is 216 g/mol.